The lowest BCUT2D eigenvalue weighted by Gasteiger charge is -2.41. The van der Waals surface area contributed by atoms with E-state index in [1.807, 2.05) is 51.7 Å². The number of phenols is 1. The third kappa shape index (κ3) is 12.5. The number of aliphatic carboxylic acids is 1. The molecule has 9 atom stereocenters. The van der Waals surface area contributed by atoms with Crippen LogP contribution in [0.3, 0.4) is 0 Å². The maximum Gasteiger partial charge on any atom is 0.326 e. The van der Waals surface area contributed by atoms with E-state index < -0.39 is 60.2 Å². The van der Waals surface area contributed by atoms with Gasteiger partial charge in [-0.25, -0.2) is 7.91 Å². The number of aromatic hydroxyl groups is 1. The fraction of sp³-hybridized carbons (Fsp3) is 0.718. The number of likely N-dealkylation sites (tertiary alicyclic amines) is 1. The Bertz CT molecular complexity index is 1390. The summed E-state index contributed by atoms with van der Waals surface area (Å²) in [6, 6.07) is 2.73. The van der Waals surface area contributed by atoms with Crippen molar-refractivity contribution in [2.24, 2.45) is 23.7 Å². The van der Waals surface area contributed by atoms with Gasteiger partial charge in [-0.2, -0.15) is 0 Å². The highest BCUT2D eigenvalue weighted by molar-refractivity contribution is 14.1. The van der Waals surface area contributed by atoms with Gasteiger partial charge in [0.1, 0.15) is 23.9 Å². The van der Waals surface area contributed by atoms with Crippen molar-refractivity contribution in [2.45, 2.75) is 123 Å². The molecule has 1 aromatic carbocycles. The van der Waals surface area contributed by atoms with Crippen LogP contribution in [0.1, 0.15) is 79.7 Å². The van der Waals surface area contributed by atoms with Crippen molar-refractivity contribution in [1.82, 2.24) is 23.5 Å². The Kier molecular flexibility index (Phi) is 19.1. The standard InChI is InChI=1S/C39H64IN5O9/c1-12-24(6)34(43(8)38(50)32(22(2)3)42-37(49)33(23(4)5)44(9)40)30(53-10)21-31(47)45-19-13-14-29(45)35(54-11)25(7)36(48)41-28(39(51)52)20-26-15-17-27(46)18-16-26/h15-18,22-25,28-30,32-35,46H,12-14,19-21H2,1-11H3,(H,41,48)(H,42,49)(H,51,52)/t24-,25+,28-,29-,30+,32-,33-,34-,35+/m0/s1. The molecule has 54 heavy (non-hydrogen) atoms. The minimum Gasteiger partial charge on any atom is -0.508 e. The molecule has 15 heteroatoms. The minimum atomic E-state index is -1.21. The van der Waals surface area contributed by atoms with Gasteiger partial charge in [-0.1, -0.05) is 67.0 Å². The van der Waals surface area contributed by atoms with Crippen LogP contribution in [0, 0.1) is 23.7 Å². The van der Waals surface area contributed by atoms with Crippen LogP contribution >= 0.6 is 22.9 Å². The van der Waals surface area contributed by atoms with Gasteiger partial charge >= 0.3 is 5.97 Å². The molecule has 0 saturated carbocycles. The van der Waals surface area contributed by atoms with Crippen LogP contribution in [0.2, 0.25) is 0 Å². The number of methoxy groups -OCH3 is 2. The molecule has 0 spiro atoms. The number of carboxylic acids is 1. The highest BCUT2D eigenvalue weighted by atomic mass is 127. The largest absolute Gasteiger partial charge is 0.508 e. The lowest BCUT2D eigenvalue weighted by Crippen LogP contribution is -2.59. The summed E-state index contributed by atoms with van der Waals surface area (Å²) in [7, 11) is 6.53. The van der Waals surface area contributed by atoms with Gasteiger partial charge in [-0.15, -0.1) is 0 Å². The summed E-state index contributed by atoms with van der Waals surface area (Å²) in [4.78, 5) is 70.7. The summed E-state index contributed by atoms with van der Waals surface area (Å²) in [6.07, 6.45) is 0.576. The number of nitrogens with one attached hydrogen (secondary N) is 2. The number of likely N-dealkylation sites (N-methyl/N-ethyl adjacent to an activating group) is 2. The molecule has 0 radical (unpaired) electrons. The van der Waals surface area contributed by atoms with Crippen LogP contribution in [0.25, 0.3) is 0 Å². The molecule has 0 bridgehead atoms. The Hall–Kier alpha value is -3.02. The molecular weight excluding hydrogens is 809 g/mol. The summed E-state index contributed by atoms with van der Waals surface area (Å²) in [5.74, 6) is -3.40. The average Bonchev–Trinajstić information content (AvgIpc) is 3.59. The quantitative estimate of drug-likeness (QED) is 0.105. The summed E-state index contributed by atoms with van der Waals surface area (Å²) in [5, 5.41) is 25.1. The summed E-state index contributed by atoms with van der Waals surface area (Å²) < 4.78 is 13.7. The van der Waals surface area contributed by atoms with E-state index in [1.165, 1.54) is 26.4 Å². The zero-order valence-corrected chi connectivity index (χ0v) is 36.0. The van der Waals surface area contributed by atoms with Gasteiger partial charge in [0, 0.05) is 57.1 Å². The number of benzene rings is 1. The van der Waals surface area contributed by atoms with Crippen molar-refractivity contribution in [3.63, 3.8) is 0 Å². The Morgan fingerprint density at radius 2 is 1.56 bits per heavy atom. The Morgan fingerprint density at radius 3 is 2.04 bits per heavy atom. The predicted molar refractivity (Wildman–Crippen MR) is 215 cm³/mol. The minimum absolute atomic E-state index is 0.0188. The number of nitrogens with zero attached hydrogens (tertiary/aromatic N) is 3. The number of carbonyl (C=O) groups is 5. The summed E-state index contributed by atoms with van der Waals surface area (Å²) >= 11 is 2.09. The fourth-order valence-corrected chi connectivity index (χ4v) is 8.42. The second kappa shape index (κ2) is 21.9. The number of phenolic OH excluding ortho intramolecular Hbond substituents is 1. The second-order valence-electron chi connectivity index (χ2n) is 15.3. The maximum atomic E-state index is 14.2. The third-order valence-electron chi connectivity index (χ3n) is 10.8. The molecule has 0 unspecified atom stereocenters. The summed E-state index contributed by atoms with van der Waals surface area (Å²) in [6.45, 7) is 13.8. The van der Waals surface area contributed by atoms with Crippen LogP contribution in [0.5, 0.6) is 5.75 Å². The van der Waals surface area contributed by atoms with Crippen LogP contribution < -0.4 is 10.6 Å². The van der Waals surface area contributed by atoms with E-state index in [9.17, 15) is 34.2 Å². The van der Waals surface area contributed by atoms with E-state index in [0.717, 1.165) is 0 Å². The molecule has 2 rings (SSSR count). The molecule has 1 fully saturated rings. The number of hydrogen-bond acceptors (Lipinski definition) is 9. The molecule has 4 amide bonds. The number of hydrogen-bond donors (Lipinski definition) is 4. The van der Waals surface area contributed by atoms with Crippen LogP contribution in [0.4, 0.5) is 0 Å². The van der Waals surface area contributed by atoms with E-state index in [1.54, 1.807) is 35.9 Å². The Morgan fingerprint density at radius 1 is 0.944 bits per heavy atom. The van der Waals surface area contributed by atoms with E-state index in [0.29, 0.717) is 31.4 Å². The smallest absolute Gasteiger partial charge is 0.326 e. The van der Waals surface area contributed by atoms with Gasteiger partial charge in [0.05, 0.1) is 36.6 Å². The summed E-state index contributed by atoms with van der Waals surface area (Å²) in [5.41, 5.74) is 0.632. The van der Waals surface area contributed by atoms with Gasteiger partial charge in [0.2, 0.25) is 23.6 Å². The van der Waals surface area contributed by atoms with Crippen molar-refractivity contribution < 1.29 is 43.7 Å². The van der Waals surface area contributed by atoms with E-state index in [2.05, 4.69) is 33.5 Å². The lowest BCUT2D eigenvalue weighted by molar-refractivity contribution is -0.148. The molecule has 1 aromatic rings. The molecule has 306 valence electrons. The molecule has 1 heterocycles. The molecule has 1 aliphatic rings. The first kappa shape index (κ1) is 47.1. The maximum absolute atomic E-state index is 14.2. The molecule has 1 aliphatic heterocycles. The molecule has 14 nitrogen and oxygen atoms in total. The van der Waals surface area contributed by atoms with Gasteiger partial charge < -0.3 is 40.1 Å². The number of halogens is 1. The number of rotatable bonds is 21. The van der Waals surface area contributed by atoms with Crippen molar-refractivity contribution in [3.05, 3.63) is 29.8 Å². The first-order valence-electron chi connectivity index (χ1n) is 18.9. The molecule has 0 aromatic heterocycles. The first-order chi connectivity index (χ1) is 25.3. The molecular formula is C39H64IN5O9. The van der Waals surface area contributed by atoms with Crippen molar-refractivity contribution in [2.75, 3.05) is 34.9 Å². The highest BCUT2D eigenvalue weighted by Gasteiger charge is 2.43. The Balaban J connectivity index is 2.27. The van der Waals surface area contributed by atoms with Crippen LogP contribution in [-0.4, -0.2) is 130 Å². The Labute approximate surface area is 335 Å². The molecule has 1 saturated heterocycles. The second-order valence-corrected chi connectivity index (χ2v) is 16.8. The average molecular weight is 874 g/mol. The molecule has 0 aliphatic carbocycles. The van der Waals surface area contributed by atoms with Crippen molar-refractivity contribution in [3.8, 4) is 5.75 Å². The van der Waals surface area contributed by atoms with Crippen molar-refractivity contribution in [1.29, 1.82) is 0 Å². The van der Waals surface area contributed by atoms with Gasteiger partial charge in [-0.05, 0) is 55.3 Å². The highest BCUT2D eigenvalue weighted by Crippen LogP contribution is 2.30. The topological polar surface area (TPSA) is 178 Å². The number of carboxylic acid groups (broad SMARTS) is 1. The predicted octanol–water partition coefficient (Wildman–Crippen LogP) is 3.87. The molecule has 4 N–H and O–H groups in total. The SMILES string of the molecule is CC[C@H](C)[C@@H]([C@@H](CC(=O)N1CCC[C@H]1[C@H](OC)[C@@H](C)C(=O)N[C@@H](Cc1ccc(O)cc1)C(=O)O)OC)N(C)C(=O)[C@@H](NC(=O)[C@H](C(C)C)N(C)I)C(C)C. The lowest BCUT2D eigenvalue weighted by atomic mass is 9.89. The third-order valence-corrected chi connectivity index (χ3v) is 11.4. The van der Waals surface area contributed by atoms with E-state index in [4.69, 9.17) is 9.47 Å². The van der Waals surface area contributed by atoms with E-state index in [-0.39, 0.29) is 54.1 Å². The van der Waals surface area contributed by atoms with Crippen molar-refractivity contribution >= 4 is 52.5 Å². The van der Waals surface area contributed by atoms with Crippen LogP contribution in [-0.2, 0) is 39.9 Å². The first-order valence-corrected chi connectivity index (χ1v) is 19.9. The normalized spacial score (nSPS) is 19.1. The zero-order chi connectivity index (χ0) is 41.0. The van der Waals surface area contributed by atoms with Gasteiger partial charge in [0.15, 0.2) is 0 Å². The number of carbonyl (C=O) groups excluding carboxylic acids is 4. The zero-order valence-electron chi connectivity index (χ0n) is 33.9. The fourth-order valence-electron chi connectivity index (χ4n) is 7.52. The number of ether oxygens (including phenoxy) is 2. The van der Waals surface area contributed by atoms with E-state index >= 15 is 0 Å². The number of amides is 4. The van der Waals surface area contributed by atoms with Gasteiger partial charge in [0.25, 0.3) is 0 Å². The monoisotopic (exact) mass is 873 g/mol. The van der Waals surface area contributed by atoms with Crippen LogP contribution in [0.15, 0.2) is 24.3 Å². The van der Waals surface area contributed by atoms with Gasteiger partial charge in [-0.3, -0.25) is 19.2 Å².